The zero-order valence-electron chi connectivity index (χ0n) is 6.85. The second-order valence-electron chi connectivity index (χ2n) is 2.51. The summed E-state index contributed by atoms with van der Waals surface area (Å²) >= 11 is -2.45. The number of nitrogens with zero attached hydrogens (tertiary/aromatic N) is 2. The normalized spacial score (nSPS) is 12.9. The molecule has 74 valence electrons. The molecule has 0 saturated carbocycles. The first kappa shape index (κ1) is 8.91. The van der Waals surface area contributed by atoms with Crippen LogP contribution in [0.15, 0.2) is 12.3 Å². The van der Waals surface area contributed by atoms with Crippen molar-refractivity contribution in [1.82, 2.24) is 15.0 Å². The molecule has 0 fully saturated rings. The fourth-order valence-corrected chi connectivity index (χ4v) is 1.33. The number of hydrogen-bond acceptors (Lipinski definition) is 5. The molecule has 2 rings (SSSR count). The van der Waals surface area contributed by atoms with E-state index in [1.807, 2.05) is 4.72 Å². The Balaban J connectivity index is 2.53. The number of fused-ring (bicyclic) bond motifs is 1. The van der Waals surface area contributed by atoms with Crippen LogP contribution in [0.4, 0.5) is 11.8 Å². The number of aromatic amines is 1. The third-order valence-electron chi connectivity index (χ3n) is 1.62. The molecule has 2 aromatic heterocycles. The van der Waals surface area contributed by atoms with Gasteiger partial charge in [-0.3, -0.25) is 8.93 Å². The van der Waals surface area contributed by atoms with Gasteiger partial charge in [0.15, 0.2) is 0 Å². The van der Waals surface area contributed by atoms with E-state index in [1.54, 1.807) is 12.3 Å². The lowest BCUT2D eigenvalue weighted by molar-refractivity contribution is 0.542. The maximum absolute atomic E-state index is 10.3. The quantitative estimate of drug-likeness (QED) is 0.592. The van der Waals surface area contributed by atoms with Crippen LogP contribution >= 0.6 is 0 Å². The van der Waals surface area contributed by atoms with Crippen LogP contribution in [0.5, 0.6) is 0 Å². The monoisotopic (exact) mass is 212 g/mol. The Morgan fingerprint density at radius 1 is 1.57 bits per heavy atom. The lowest BCUT2D eigenvalue weighted by Crippen LogP contribution is -2.07. The lowest BCUT2D eigenvalue weighted by Gasteiger charge is -2.06. The van der Waals surface area contributed by atoms with E-state index in [0.29, 0.717) is 11.0 Å². The largest absolute Gasteiger partial charge is 0.755 e. The summed E-state index contributed by atoms with van der Waals surface area (Å²) in [7, 11) is 0. The summed E-state index contributed by atoms with van der Waals surface area (Å²) in [6.45, 7) is 0. The van der Waals surface area contributed by atoms with Crippen molar-refractivity contribution in [3.05, 3.63) is 12.3 Å². The lowest BCUT2D eigenvalue weighted by atomic mass is 10.4. The molecule has 0 bridgehead atoms. The van der Waals surface area contributed by atoms with Gasteiger partial charge in [0.05, 0.1) is 5.39 Å². The maximum Gasteiger partial charge on any atom is 0.237 e. The van der Waals surface area contributed by atoms with Crippen molar-refractivity contribution in [2.45, 2.75) is 0 Å². The molecule has 1 atom stereocenters. The highest BCUT2D eigenvalue weighted by Gasteiger charge is 2.04. The van der Waals surface area contributed by atoms with E-state index >= 15 is 0 Å². The predicted octanol–water partition coefficient (Wildman–Crippen LogP) is -0.254. The van der Waals surface area contributed by atoms with E-state index in [1.165, 1.54) is 0 Å². The standard InChI is InChI=1S/C6H7N5O2S/c7-4-3-1-2-8-5(3)10-6(9-4)11-14(12)13/h1-2H,(H,12,13)(H4,7,8,9,10,11)/p-1. The minimum atomic E-state index is -2.45. The van der Waals surface area contributed by atoms with E-state index in [-0.39, 0.29) is 11.8 Å². The Hall–Kier alpha value is -1.67. The zero-order chi connectivity index (χ0) is 10.1. The molecular formula is C6H6N5O2S-. The van der Waals surface area contributed by atoms with Gasteiger partial charge in [0.2, 0.25) is 5.95 Å². The van der Waals surface area contributed by atoms with Crippen molar-refractivity contribution in [2.24, 2.45) is 0 Å². The number of rotatable bonds is 2. The third-order valence-corrected chi connectivity index (χ3v) is 1.97. The molecule has 4 N–H and O–H groups in total. The van der Waals surface area contributed by atoms with Crippen molar-refractivity contribution in [3.63, 3.8) is 0 Å². The minimum absolute atomic E-state index is 0.0502. The molecular weight excluding hydrogens is 206 g/mol. The van der Waals surface area contributed by atoms with Crippen LogP contribution in [0.25, 0.3) is 11.0 Å². The highest BCUT2D eigenvalue weighted by molar-refractivity contribution is 7.80. The molecule has 0 spiro atoms. The average molecular weight is 212 g/mol. The van der Waals surface area contributed by atoms with Crippen LogP contribution in [0.3, 0.4) is 0 Å². The van der Waals surface area contributed by atoms with E-state index in [4.69, 9.17) is 5.73 Å². The fourth-order valence-electron chi connectivity index (χ4n) is 1.09. The smallest absolute Gasteiger partial charge is 0.237 e. The van der Waals surface area contributed by atoms with Crippen molar-refractivity contribution < 1.29 is 8.76 Å². The second-order valence-corrected chi connectivity index (χ2v) is 3.18. The van der Waals surface area contributed by atoms with Crippen LogP contribution in [-0.2, 0) is 11.3 Å². The molecule has 0 radical (unpaired) electrons. The van der Waals surface area contributed by atoms with Gasteiger partial charge < -0.3 is 15.3 Å². The van der Waals surface area contributed by atoms with Gasteiger partial charge >= 0.3 is 0 Å². The molecule has 0 amide bonds. The molecule has 2 heterocycles. The van der Waals surface area contributed by atoms with Gasteiger partial charge in [0.25, 0.3) is 0 Å². The first-order valence-corrected chi connectivity index (χ1v) is 4.71. The van der Waals surface area contributed by atoms with E-state index in [9.17, 15) is 8.76 Å². The second kappa shape index (κ2) is 3.24. The van der Waals surface area contributed by atoms with Crippen molar-refractivity contribution >= 4 is 34.1 Å². The number of nitrogen functional groups attached to an aromatic ring is 1. The summed E-state index contributed by atoms with van der Waals surface area (Å²) in [4.78, 5) is 10.4. The van der Waals surface area contributed by atoms with Crippen LogP contribution in [0.2, 0.25) is 0 Å². The van der Waals surface area contributed by atoms with Gasteiger partial charge in [0.1, 0.15) is 11.5 Å². The number of nitrogens with one attached hydrogen (secondary N) is 2. The molecule has 2 aromatic rings. The summed E-state index contributed by atoms with van der Waals surface area (Å²) in [5, 5.41) is 0.659. The molecule has 8 heteroatoms. The Bertz CT molecular complexity index is 496. The van der Waals surface area contributed by atoms with E-state index in [2.05, 4.69) is 15.0 Å². The van der Waals surface area contributed by atoms with Crippen molar-refractivity contribution in [1.29, 1.82) is 0 Å². The van der Waals surface area contributed by atoms with Crippen molar-refractivity contribution in [3.8, 4) is 0 Å². The topological polar surface area (TPSA) is 120 Å². The maximum atomic E-state index is 10.3. The van der Waals surface area contributed by atoms with Crippen LogP contribution in [-0.4, -0.2) is 23.7 Å². The Morgan fingerprint density at radius 2 is 2.36 bits per heavy atom. The first-order chi connectivity index (χ1) is 6.66. The van der Waals surface area contributed by atoms with Crippen LogP contribution in [0, 0.1) is 0 Å². The van der Waals surface area contributed by atoms with Gasteiger partial charge in [-0.15, -0.1) is 0 Å². The Morgan fingerprint density at radius 3 is 3.07 bits per heavy atom. The van der Waals surface area contributed by atoms with E-state index < -0.39 is 11.3 Å². The average Bonchev–Trinajstić information content (AvgIpc) is 2.50. The molecule has 7 nitrogen and oxygen atoms in total. The van der Waals surface area contributed by atoms with Crippen LogP contribution < -0.4 is 10.5 Å². The number of aromatic nitrogens is 3. The molecule has 14 heavy (non-hydrogen) atoms. The Labute approximate surface area is 81.2 Å². The number of nitrogens with two attached hydrogens (primary N) is 1. The van der Waals surface area contributed by atoms with Gasteiger partial charge in [-0.05, 0) is 6.07 Å². The molecule has 1 unspecified atom stereocenters. The summed E-state index contributed by atoms with van der Waals surface area (Å²) in [5.74, 6) is 0.176. The highest BCUT2D eigenvalue weighted by Crippen LogP contribution is 2.17. The molecule has 0 aromatic carbocycles. The predicted molar refractivity (Wildman–Crippen MR) is 50.8 cm³/mol. The Kier molecular flexibility index (Phi) is 2.06. The molecule has 0 aliphatic heterocycles. The van der Waals surface area contributed by atoms with E-state index in [0.717, 1.165) is 0 Å². The molecule has 0 aliphatic rings. The summed E-state index contributed by atoms with van der Waals surface area (Å²) in [6.07, 6.45) is 1.65. The zero-order valence-corrected chi connectivity index (χ0v) is 7.67. The summed E-state index contributed by atoms with van der Waals surface area (Å²) in [6, 6.07) is 1.71. The number of H-pyrrole nitrogens is 1. The van der Waals surface area contributed by atoms with Gasteiger partial charge in [-0.1, -0.05) is 0 Å². The SMILES string of the molecule is Nc1nc(NS(=O)[O-])nc2[nH]ccc12. The number of hydrogen-bond donors (Lipinski definition) is 3. The number of anilines is 2. The third kappa shape index (κ3) is 1.52. The minimum Gasteiger partial charge on any atom is -0.755 e. The summed E-state index contributed by atoms with van der Waals surface area (Å²) < 4.78 is 22.6. The molecule has 0 saturated heterocycles. The van der Waals surface area contributed by atoms with Crippen molar-refractivity contribution in [2.75, 3.05) is 10.5 Å². The molecule has 0 aliphatic carbocycles. The highest BCUT2D eigenvalue weighted by atomic mass is 32.2. The first-order valence-electron chi connectivity index (χ1n) is 3.63. The fraction of sp³-hybridized carbons (Fsp3) is 0. The van der Waals surface area contributed by atoms with Crippen LogP contribution in [0.1, 0.15) is 0 Å². The van der Waals surface area contributed by atoms with Gasteiger partial charge in [-0.25, -0.2) is 0 Å². The summed E-state index contributed by atoms with van der Waals surface area (Å²) in [5.41, 5.74) is 6.06. The van der Waals surface area contributed by atoms with Gasteiger partial charge in [-0.2, -0.15) is 9.97 Å². The van der Waals surface area contributed by atoms with Gasteiger partial charge in [0, 0.05) is 17.5 Å².